The molecule has 49 heavy (non-hydrogen) atoms. The third-order valence-electron chi connectivity index (χ3n) is 8.26. The van der Waals surface area contributed by atoms with Gasteiger partial charge in [0.2, 0.25) is 0 Å². The maximum absolute atomic E-state index is 11.4. The molecule has 268 valence electrons. The van der Waals surface area contributed by atoms with Gasteiger partial charge in [0.15, 0.2) is 0 Å². The van der Waals surface area contributed by atoms with Crippen LogP contribution in [0.1, 0.15) is 22.3 Å². The smallest absolute Gasteiger partial charge is 0.334 e. The van der Waals surface area contributed by atoms with Gasteiger partial charge in [-0.05, 0) is 22.3 Å². The zero-order chi connectivity index (χ0) is 36.6. The molecule has 4 rings (SSSR count). The van der Waals surface area contributed by atoms with Crippen molar-refractivity contribution in [2.45, 2.75) is 11.2 Å². The van der Waals surface area contributed by atoms with E-state index in [1.54, 1.807) is 97.1 Å². The molecule has 0 aliphatic heterocycles. The number of benzene rings is 4. The molecule has 0 saturated carbocycles. The van der Waals surface area contributed by atoms with E-state index in [0.717, 1.165) is 0 Å². The van der Waals surface area contributed by atoms with Crippen LogP contribution in [0.15, 0.2) is 121 Å². The maximum atomic E-state index is 11.4. The van der Waals surface area contributed by atoms with Gasteiger partial charge in [0, 0.05) is 0 Å². The third kappa shape index (κ3) is 9.72. The summed E-state index contributed by atoms with van der Waals surface area (Å²) in [6, 6.07) is 35.1. The van der Waals surface area contributed by atoms with Crippen molar-refractivity contribution in [3.05, 3.63) is 144 Å². The fourth-order valence-corrected chi connectivity index (χ4v) is 5.85. The van der Waals surface area contributed by atoms with Crippen LogP contribution in [-0.4, -0.2) is 100 Å². The lowest BCUT2D eigenvalue weighted by molar-refractivity contribution is -0.136. The molecule has 4 aromatic rings. The van der Waals surface area contributed by atoms with Gasteiger partial charge in [-0.2, -0.15) is 0 Å². The Labute approximate surface area is 286 Å². The van der Waals surface area contributed by atoms with E-state index in [4.69, 9.17) is 19.6 Å². The molecule has 0 aliphatic carbocycles. The number of hydrogen-bond acceptors (Lipinski definition) is 13. The quantitative estimate of drug-likeness (QED) is 0.0819. The molecule has 0 fully saturated rings. The Morgan fingerprint density at radius 2 is 0.551 bits per heavy atom. The van der Waals surface area contributed by atoms with E-state index in [2.05, 4.69) is 4.31 Å². The first-order chi connectivity index (χ1) is 23.4. The molecular weight excluding hydrogens is 678 g/mol. The summed E-state index contributed by atoms with van der Waals surface area (Å²) in [6.45, 7) is -3.33. The fraction of sp³-hybridized carbons (Fsp3) is 0.294. The lowest BCUT2D eigenvalue weighted by atomic mass is 9.66. The lowest BCUT2D eigenvalue weighted by Crippen LogP contribution is -2.54. The Kier molecular flexibility index (Phi) is 17.4. The van der Waals surface area contributed by atoms with Crippen molar-refractivity contribution >= 4 is 17.2 Å². The van der Waals surface area contributed by atoms with E-state index >= 15 is 0 Å². The van der Waals surface area contributed by atoms with E-state index in [0.29, 0.717) is 22.3 Å². The molecule has 0 heterocycles. The molecule has 12 N–H and O–H groups in total. The van der Waals surface area contributed by atoms with Crippen LogP contribution in [0.5, 0.6) is 0 Å². The predicted octanol–water partition coefficient (Wildman–Crippen LogP) is 1.20. The summed E-state index contributed by atoms with van der Waals surface area (Å²) in [7, 11) is -5.22. The second kappa shape index (κ2) is 20.2. The standard InChI is InChI=1S/2C17H20O4.H4O5P2/c2*18-11-16(12-19,13-20)17(21,14-7-3-1-4-8-14)15-9-5-2-6-10-15;1-6(2)5-7(3)4/h2*1-10,18-21H,11-13H2;1-4H. The van der Waals surface area contributed by atoms with Crippen molar-refractivity contribution in [3.63, 3.8) is 0 Å². The van der Waals surface area contributed by atoms with Gasteiger partial charge in [0.25, 0.3) is 0 Å². The molecular formula is C34H44O13P2. The molecule has 0 spiro atoms. The Hall–Kier alpha value is -2.78. The molecule has 0 aromatic heterocycles. The molecule has 15 heteroatoms. The van der Waals surface area contributed by atoms with E-state index in [-0.39, 0.29) is 0 Å². The first-order valence-electron chi connectivity index (χ1n) is 14.8. The number of hydrogen-bond donors (Lipinski definition) is 12. The van der Waals surface area contributed by atoms with Crippen molar-refractivity contribution in [3.8, 4) is 0 Å². The van der Waals surface area contributed by atoms with E-state index in [1.807, 2.05) is 24.3 Å². The van der Waals surface area contributed by atoms with Gasteiger partial charge in [-0.1, -0.05) is 121 Å². The van der Waals surface area contributed by atoms with E-state index < -0.39 is 78.9 Å². The first-order valence-corrected chi connectivity index (χ1v) is 17.1. The number of rotatable bonds is 14. The van der Waals surface area contributed by atoms with Crippen LogP contribution in [-0.2, 0) is 15.5 Å². The highest BCUT2D eigenvalue weighted by Crippen LogP contribution is 2.46. The minimum atomic E-state index is -2.61. The molecule has 0 atom stereocenters. The summed E-state index contributed by atoms with van der Waals surface area (Å²) < 4.78 is 3.60. The van der Waals surface area contributed by atoms with Crippen molar-refractivity contribution in [1.82, 2.24) is 0 Å². The molecule has 0 unspecified atom stereocenters. The van der Waals surface area contributed by atoms with Crippen molar-refractivity contribution in [2.75, 3.05) is 39.6 Å². The highest BCUT2D eigenvalue weighted by atomic mass is 31.2. The summed E-state index contributed by atoms with van der Waals surface area (Å²) >= 11 is 0. The van der Waals surface area contributed by atoms with Gasteiger partial charge in [-0.3, -0.25) is 0 Å². The average Bonchev–Trinajstić information content (AvgIpc) is 3.14. The summed E-state index contributed by atoms with van der Waals surface area (Å²) in [6.07, 6.45) is 0. The largest absolute Gasteiger partial charge is 0.395 e. The van der Waals surface area contributed by atoms with Crippen LogP contribution in [0.25, 0.3) is 0 Å². The Morgan fingerprint density at radius 3 is 0.673 bits per heavy atom. The molecule has 0 saturated heterocycles. The normalized spacial score (nSPS) is 12.2. The molecule has 13 nitrogen and oxygen atoms in total. The lowest BCUT2D eigenvalue weighted by Gasteiger charge is -2.45. The Bertz CT molecular complexity index is 1240. The van der Waals surface area contributed by atoms with Gasteiger partial charge in [-0.15, -0.1) is 0 Å². The zero-order valence-electron chi connectivity index (χ0n) is 26.5. The SMILES string of the molecule is OCC(CO)(CO)C(O)(c1ccccc1)c1ccccc1.OCC(CO)(CO)C(O)(c1ccccc1)c1ccccc1.OP(O)OP(O)O. The highest BCUT2D eigenvalue weighted by molar-refractivity contribution is 7.53. The number of aliphatic hydroxyl groups excluding tert-OH is 6. The van der Waals surface area contributed by atoms with Crippen LogP contribution < -0.4 is 0 Å². The Balaban J connectivity index is 0.000000286. The minimum absolute atomic E-state index is 0.508. The molecule has 0 amide bonds. The summed E-state index contributed by atoms with van der Waals surface area (Å²) in [5.41, 5.74) is -4.35. The van der Waals surface area contributed by atoms with Crippen LogP contribution in [0, 0.1) is 10.8 Å². The van der Waals surface area contributed by atoms with Gasteiger partial charge in [0.1, 0.15) is 11.2 Å². The summed E-state index contributed by atoms with van der Waals surface area (Å²) in [5, 5.41) is 81.3. The zero-order valence-corrected chi connectivity index (χ0v) is 28.2. The minimum Gasteiger partial charge on any atom is -0.395 e. The third-order valence-corrected chi connectivity index (χ3v) is 9.43. The molecule has 0 radical (unpaired) electrons. The van der Waals surface area contributed by atoms with E-state index in [9.17, 15) is 40.9 Å². The number of aliphatic hydroxyl groups is 8. The molecule has 4 aromatic carbocycles. The summed E-state index contributed by atoms with van der Waals surface area (Å²) in [4.78, 5) is 31.3. The van der Waals surface area contributed by atoms with Crippen molar-refractivity contribution in [2.24, 2.45) is 10.8 Å². The van der Waals surface area contributed by atoms with Crippen LogP contribution in [0.3, 0.4) is 0 Å². The van der Waals surface area contributed by atoms with Gasteiger partial charge in [0.05, 0.1) is 50.5 Å². The second-order valence-electron chi connectivity index (χ2n) is 11.0. The predicted molar refractivity (Wildman–Crippen MR) is 183 cm³/mol. The van der Waals surface area contributed by atoms with Crippen molar-refractivity contribution < 1.29 is 64.7 Å². The van der Waals surface area contributed by atoms with E-state index in [1.165, 1.54) is 0 Å². The molecule has 0 bridgehead atoms. The van der Waals surface area contributed by atoms with Gasteiger partial charge < -0.3 is 60.4 Å². The summed E-state index contributed by atoms with van der Waals surface area (Å²) in [5.74, 6) is 0. The second-order valence-corrected chi connectivity index (χ2v) is 12.6. The van der Waals surface area contributed by atoms with Crippen LogP contribution >= 0.6 is 17.2 Å². The van der Waals surface area contributed by atoms with Crippen molar-refractivity contribution in [1.29, 1.82) is 0 Å². The van der Waals surface area contributed by atoms with Gasteiger partial charge in [-0.25, -0.2) is 4.31 Å². The van der Waals surface area contributed by atoms with Crippen LogP contribution in [0.4, 0.5) is 0 Å². The topological polar surface area (TPSA) is 252 Å². The maximum Gasteiger partial charge on any atom is 0.334 e. The van der Waals surface area contributed by atoms with Crippen LogP contribution in [0.2, 0.25) is 0 Å². The monoisotopic (exact) mass is 722 g/mol. The molecule has 0 aliphatic rings. The average molecular weight is 723 g/mol. The van der Waals surface area contributed by atoms with Gasteiger partial charge >= 0.3 is 17.2 Å². The Morgan fingerprint density at radius 1 is 0.367 bits per heavy atom. The first kappa shape index (κ1) is 42.4. The highest BCUT2D eigenvalue weighted by Gasteiger charge is 2.53. The fourth-order valence-electron chi connectivity index (χ4n) is 5.33.